The van der Waals surface area contributed by atoms with E-state index in [2.05, 4.69) is 32.2 Å². The fraction of sp³-hybridized carbons (Fsp3) is 0.600. The van der Waals surface area contributed by atoms with E-state index in [0.29, 0.717) is 19.1 Å². The molecule has 0 spiro atoms. The van der Waals surface area contributed by atoms with Crippen LogP contribution in [0.3, 0.4) is 0 Å². The second-order valence-corrected chi connectivity index (χ2v) is 4.66. The minimum atomic E-state index is 0.506. The Morgan fingerprint density at radius 3 is 2.56 bits per heavy atom. The van der Waals surface area contributed by atoms with Gasteiger partial charge in [0.2, 0.25) is 0 Å². The van der Waals surface area contributed by atoms with Crippen LogP contribution in [0.15, 0.2) is 18.2 Å². The lowest BCUT2D eigenvalue weighted by Crippen LogP contribution is -2.14. The van der Waals surface area contributed by atoms with E-state index < -0.39 is 0 Å². The first-order chi connectivity index (χ1) is 8.69. The van der Waals surface area contributed by atoms with E-state index in [1.807, 2.05) is 19.1 Å². The Morgan fingerprint density at radius 1 is 1.17 bits per heavy atom. The summed E-state index contributed by atoms with van der Waals surface area (Å²) in [6.45, 7) is 11.5. The Balaban J connectivity index is 2.88. The van der Waals surface area contributed by atoms with Gasteiger partial charge in [-0.2, -0.15) is 0 Å². The molecule has 0 fully saturated rings. The standard InChI is InChI=1S/C15H25NO2/c1-5-16-10-13-8-7-9-14(17-6-2)15(13)18-11-12(3)4/h7-9,12,16H,5-6,10-11H2,1-4H3. The van der Waals surface area contributed by atoms with Gasteiger partial charge in [-0.3, -0.25) is 0 Å². The molecule has 0 bridgehead atoms. The highest BCUT2D eigenvalue weighted by atomic mass is 16.5. The Hall–Kier alpha value is -1.22. The molecular weight excluding hydrogens is 226 g/mol. The van der Waals surface area contributed by atoms with E-state index in [1.54, 1.807) is 0 Å². The van der Waals surface area contributed by atoms with Crippen molar-refractivity contribution in [3.05, 3.63) is 23.8 Å². The molecule has 1 aromatic carbocycles. The van der Waals surface area contributed by atoms with Gasteiger partial charge >= 0.3 is 0 Å². The number of para-hydroxylation sites is 1. The molecule has 0 aromatic heterocycles. The van der Waals surface area contributed by atoms with E-state index in [0.717, 1.165) is 30.2 Å². The van der Waals surface area contributed by atoms with Crippen molar-refractivity contribution < 1.29 is 9.47 Å². The molecule has 3 nitrogen and oxygen atoms in total. The van der Waals surface area contributed by atoms with Gasteiger partial charge in [0.15, 0.2) is 11.5 Å². The smallest absolute Gasteiger partial charge is 0.165 e. The number of ether oxygens (including phenoxy) is 2. The number of benzene rings is 1. The summed E-state index contributed by atoms with van der Waals surface area (Å²) in [6.07, 6.45) is 0. The lowest BCUT2D eigenvalue weighted by Gasteiger charge is -2.17. The number of hydrogen-bond donors (Lipinski definition) is 1. The topological polar surface area (TPSA) is 30.5 Å². The minimum absolute atomic E-state index is 0.506. The molecule has 102 valence electrons. The van der Waals surface area contributed by atoms with Gasteiger partial charge in [0.05, 0.1) is 13.2 Å². The fourth-order valence-corrected chi connectivity index (χ4v) is 1.64. The summed E-state index contributed by atoms with van der Waals surface area (Å²) in [7, 11) is 0. The summed E-state index contributed by atoms with van der Waals surface area (Å²) < 4.78 is 11.6. The van der Waals surface area contributed by atoms with Crippen LogP contribution in [0.25, 0.3) is 0 Å². The van der Waals surface area contributed by atoms with Gasteiger partial charge in [-0.1, -0.05) is 32.9 Å². The minimum Gasteiger partial charge on any atom is -0.490 e. The van der Waals surface area contributed by atoms with Crippen LogP contribution < -0.4 is 14.8 Å². The van der Waals surface area contributed by atoms with Crippen LogP contribution in [0.1, 0.15) is 33.3 Å². The first-order valence-corrected chi connectivity index (χ1v) is 6.77. The van der Waals surface area contributed by atoms with Gasteiger partial charge in [0.1, 0.15) is 0 Å². The molecular formula is C15H25NO2. The van der Waals surface area contributed by atoms with Crippen LogP contribution in [0, 0.1) is 5.92 Å². The van der Waals surface area contributed by atoms with Crippen LogP contribution >= 0.6 is 0 Å². The summed E-state index contributed by atoms with van der Waals surface area (Å²) in [5.41, 5.74) is 1.16. The Kier molecular flexibility index (Phi) is 6.58. The second-order valence-electron chi connectivity index (χ2n) is 4.66. The SMILES string of the molecule is CCNCc1cccc(OCC)c1OCC(C)C. The van der Waals surface area contributed by atoms with Crippen molar-refractivity contribution in [2.45, 2.75) is 34.2 Å². The van der Waals surface area contributed by atoms with Gasteiger partial charge in [0.25, 0.3) is 0 Å². The molecule has 0 amide bonds. The summed E-state index contributed by atoms with van der Waals surface area (Å²) in [5.74, 6) is 2.23. The maximum Gasteiger partial charge on any atom is 0.165 e. The number of nitrogens with one attached hydrogen (secondary N) is 1. The van der Waals surface area contributed by atoms with Crippen LogP contribution in [-0.4, -0.2) is 19.8 Å². The van der Waals surface area contributed by atoms with Gasteiger partial charge in [-0.15, -0.1) is 0 Å². The highest BCUT2D eigenvalue weighted by molar-refractivity contribution is 5.46. The van der Waals surface area contributed by atoms with Gasteiger partial charge in [0, 0.05) is 12.1 Å². The van der Waals surface area contributed by atoms with E-state index in [4.69, 9.17) is 9.47 Å². The lowest BCUT2D eigenvalue weighted by molar-refractivity contribution is 0.245. The van der Waals surface area contributed by atoms with Crippen LogP contribution in [0.5, 0.6) is 11.5 Å². The third-order valence-electron chi connectivity index (χ3n) is 2.49. The van der Waals surface area contributed by atoms with E-state index >= 15 is 0 Å². The van der Waals surface area contributed by atoms with Crippen LogP contribution in [0.4, 0.5) is 0 Å². The first-order valence-electron chi connectivity index (χ1n) is 6.77. The molecule has 1 N–H and O–H groups in total. The second kappa shape index (κ2) is 7.98. The van der Waals surface area contributed by atoms with E-state index in [1.165, 1.54) is 0 Å². The monoisotopic (exact) mass is 251 g/mol. The van der Waals surface area contributed by atoms with Crippen LogP contribution in [0.2, 0.25) is 0 Å². The third-order valence-corrected chi connectivity index (χ3v) is 2.49. The lowest BCUT2D eigenvalue weighted by atomic mass is 10.1. The van der Waals surface area contributed by atoms with E-state index in [9.17, 15) is 0 Å². The van der Waals surface area contributed by atoms with E-state index in [-0.39, 0.29) is 0 Å². The fourth-order valence-electron chi connectivity index (χ4n) is 1.64. The van der Waals surface area contributed by atoms with Crippen molar-refractivity contribution in [2.75, 3.05) is 19.8 Å². The predicted molar refractivity (Wildman–Crippen MR) is 75.3 cm³/mol. The molecule has 3 heteroatoms. The molecule has 0 aliphatic heterocycles. The summed E-state index contributed by atoms with van der Waals surface area (Å²) in [6, 6.07) is 6.06. The Morgan fingerprint density at radius 2 is 1.94 bits per heavy atom. The van der Waals surface area contributed by atoms with Crippen molar-refractivity contribution in [3.63, 3.8) is 0 Å². The molecule has 0 saturated heterocycles. The highest BCUT2D eigenvalue weighted by Gasteiger charge is 2.11. The molecule has 0 heterocycles. The van der Waals surface area contributed by atoms with Gasteiger partial charge in [-0.05, 0) is 25.5 Å². The van der Waals surface area contributed by atoms with Crippen molar-refractivity contribution in [1.82, 2.24) is 5.32 Å². The molecule has 0 unspecified atom stereocenters. The maximum absolute atomic E-state index is 5.91. The third kappa shape index (κ3) is 4.57. The zero-order valence-corrected chi connectivity index (χ0v) is 12.0. The van der Waals surface area contributed by atoms with Gasteiger partial charge in [-0.25, -0.2) is 0 Å². The Bertz CT molecular complexity index is 350. The molecule has 0 aliphatic rings. The van der Waals surface area contributed by atoms with Crippen molar-refractivity contribution in [3.8, 4) is 11.5 Å². The number of hydrogen-bond acceptors (Lipinski definition) is 3. The molecule has 18 heavy (non-hydrogen) atoms. The quantitative estimate of drug-likeness (QED) is 0.769. The van der Waals surface area contributed by atoms with Crippen LogP contribution in [-0.2, 0) is 6.54 Å². The average Bonchev–Trinajstić information content (AvgIpc) is 2.35. The molecule has 0 aliphatic carbocycles. The summed E-state index contributed by atoms with van der Waals surface area (Å²) in [4.78, 5) is 0. The van der Waals surface area contributed by atoms with Crippen molar-refractivity contribution in [2.24, 2.45) is 5.92 Å². The zero-order valence-electron chi connectivity index (χ0n) is 12.0. The first kappa shape index (κ1) is 14.8. The average molecular weight is 251 g/mol. The largest absolute Gasteiger partial charge is 0.490 e. The molecule has 0 atom stereocenters. The zero-order chi connectivity index (χ0) is 13.4. The highest BCUT2D eigenvalue weighted by Crippen LogP contribution is 2.31. The maximum atomic E-state index is 5.91. The Labute approximate surface area is 110 Å². The van der Waals surface area contributed by atoms with Gasteiger partial charge < -0.3 is 14.8 Å². The molecule has 0 radical (unpaired) electrons. The van der Waals surface area contributed by atoms with Crippen molar-refractivity contribution >= 4 is 0 Å². The summed E-state index contributed by atoms with van der Waals surface area (Å²) >= 11 is 0. The predicted octanol–water partition coefficient (Wildman–Crippen LogP) is 3.23. The van der Waals surface area contributed by atoms with Crippen molar-refractivity contribution in [1.29, 1.82) is 0 Å². The molecule has 1 rings (SSSR count). The normalized spacial score (nSPS) is 10.7. The molecule has 0 saturated carbocycles. The number of rotatable bonds is 8. The molecule has 1 aromatic rings. The summed E-state index contributed by atoms with van der Waals surface area (Å²) in [5, 5.41) is 3.33.